The van der Waals surface area contributed by atoms with Crippen molar-refractivity contribution in [3.8, 4) is 5.75 Å². The molecule has 350 valence electrons. The number of carbonyl (C=O) groups excluding carboxylic acids is 4. The lowest BCUT2D eigenvalue weighted by atomic mass is 9.69. The molecule has 2 aromatic heterocycles. The Labute approximate surface area is 387 Å². The molecule has 16 nitrogen and oxygen atoms in total. The van der Waals surface area contributed by atoms with Gasteiger partial charge in [-0.15, -0.1) is 0 Å². The highest BCUT2D eigenvalue weighted by Gasteiger charge is 2.46. The van der Waals surface area contributed by atoms with Crippen LogP contribution in [-0.2, 0) is 25.7 Å². The predicted molar refractivity (Wildman–Crippen MR) is 247 cm³/mol. The van der Waals surface area contributed by atoms with Crippen LogP contribution >= 0.6 is 11.6 Å². The lowest BCUT2D eigenvalue weighted by molar-refractivity contribution is -0.137. The van der Waals surface area contributed by atoms with Crippen molar-refractivity contribution >= 4 is 63.6 Å². The van der Waals surface area contributed by atoms with Crippen molar-refractivity contribution in [2.75, 3.05) is 50.1 Å². The molecule has 6 heterocycles. The van der Waals surface area contributed by atoms with Gasteiger partial charge in [-0.2, -0.15) is 4.98 Å². The molecule has 1 aliphatic carbocycles. The molecule has 3 saturated heterocycles. The van der Waals surface area contributed by atoms with Gasteiger partial charge >= 0.3 is 0 Å². The van der Waals surface area contributed by atoms with Crippen LogP contribution in [0.2, 0.25) is 5.02 Å². The van der Waals surface area contributed by atoms with Crippen LogP contribution in [0.5, 0.6) is 5.75 Å². The molecule has 4 aromatic rings. The Balaban J connectivity index is 0.767. The zero-order valence-electron chi connectivity index (χ0n) is 38.0. The summed E-state index contributed by atoms with van der Waals surface area (Å²) in [4.78, 5) is 78.1. The van der Waals surface area contributed by atoms with E-state index < -0.39 is 11.9 Å². The van der Waals surface area contributed by atoms with Gasteiger partial charge in [0.15, 0.2) is 18.2 Å². The number of benzene rings is 2. The number of piperidine rings is 3. The number of ether oxygens (including phenoxy) is 2. The Bertz CT molecular complexity index is 2640. The molecule has 4 amide bonds. The second kappa shape index (κ2) is 18.2. The first-order chi connectivity index (χ1) is 31.6. The first-order valence-corrected chi connectivity index (χ1v) is 23.4. The number of fused-ring (bicyclic) bond motifs is 2. The van der Waals surface area contributed by atoms with Crippen LogP contribution in [0.3, 0.4) is 0 Å². The SMILES string of the molecule is CNC(=O)COc1cc2cc(Nc3nc(N4CCC(OC5CC(N6CC[C@@H](c7ccc8c(c7F)CN(C7CCC(=O)NC7=O)C8=O)C(C)(C)C6)C5)CC4)ncc3Cl)ccc2n(C(C)C)c1=O. The Morgan fingerprint density at radius 1 is 1.02 bits per heavy atom. The van der Waals surface area contributed by atoms with Crippen molar-refractivity contribution in [3.63, 3.8) is 0 Å². The van der Waals surface area contributed by atoms with Crippen LogP contribution in [-0.4, -0.2) is 112 Å². The summed E-state index contributed by atoms with van der Waals surface area (Å²) in [6.45, 7) is 11.1. The minimum Gasteiger partial charge on any atom is -0.478 e. The molecule has 5 aliphatic rings. The van der Waals surface area contributed by atoms with Crippen molar-refractivity contribution in [2.24, 2.45) is 5.41 Å². The monoisotopic (exact) mass is 925 g/mol. The number of rotatable bonds is 12. The van der Waals surface area contributed by atoms with Crippen molar-refractivity contribution in [1.29, 1.82) is 0 Å². The van der Waals surface area contributed by atoms with Crippen molar-refractivity contribution in [2.45, 2.75) is 115 Å². The zero-order chi connectivity index (χ0) is 46.6. The minimum absolute atomic E-state index is 0.0245. The van der Waals surface area contributed by atoms with Crippen LogP contribution < -0.4 is 31.1 Å². The van der Waals surface area contributed by atoms with Crippen molar-refractivity contribution in [1.82, 2.24) is 35.0 Å². The number of hydrogen-bond donors (Lipinski definition) is 3. The van der Waals surface area contributed by atoms with Crippen molar-refractivity contribution in [3.05, 3.63) is 80.5 Å². The molecular weight excluding hydrogens is 869 g/mol. The van der Waals surface area contributed by atoms with E-state index in [0.717, 1.165) is 69.2 Å². The van der Waals surface area contributed by atoms with E-state index in [2.05, 4.69) is 44.6 Å². The number of likely N-dealkylation sites (N-methyl/N-ethyl adjacent to an activating group) is 1. The molecule has 4 aliphatic heterocycles. The number of nitrogens with zero attached hydrogens (tertiary/aromatic N) is 6. The highest BCUT2D eigenvalue weighted by molar-refractivity contribution is 6.33. The van der Waals surface area contributed by atoms with Gasteiger partial charge in [-0.3, -0.25) is 34.2 Å². The molecule has 4 fully saturated rings. The first-order valence-electron chi connectivity index (χ1n) is 23.0. The smallest absolute Gasteiger partial charge is 0.293 e. The topological polar surface area (TPSA) is 180 Å². The lowest BCUT2D eigenvalue weighted by Gasteiger charge is -2.51. The van der Waals surface area contributed by atoms with E-state index in [9.17, 15) is 24.0 Å². The van der Waals surface area contributed by atoms with Crippen LogP contribution in [0.4, 0.5) is 21.8 Å². The second-order valence-corrected chi connectivity index (χ2v) is 19.7. The average molecular weight is 926 g/mol. The number of amides is 4. The van der Waals surface area contributed by atoms with Gasteiger partial charge in [0.05, 0.1) is 30.5 Å². The molecule has 0 bridgehead atoms. The lowest BCUT2D eigenvalue weighted by Crippen LogP contribution is -2.55. The number of imide groups is 1. The summed E-state index contributed by atoms with van der Waals surface area (Å²) in [5.41, 5.74) is 2.16. The Morgan fingerprint density at radius 3 is 2.50 bits per heavy atom. The standard InChI is InChI=1S/C48H57ClFN9O7/c1-26(2)59-37-9-6-28(18-27(37)19-39(46(59)64)65-24-41(61)51-5)53-43-36(49)22-52-47(55-43)56-15-12-30(13-16-56)66-31-20-29(21-31)57-17-14-35(48(3,4)25-57)33-8-7-32-34(42(33)50)23-58(45(32)63)38-10-11-40(60)54-44(38)62/h6-9,18-19,22,26,29-31,35,38H,10-17,20-21,23-25H2,1-5H3,(H,51,61)(H,52,53,55)(H,54,60,62)/t29?,31?,35-,38?/m0/s1. The Morgan fingerprint density at radius 2 is 1.79 bits per heavy atom. The molecule has 2 aromatic carbocycles. The van der Waals surface area contributed by atoms with Gasteiger partial charge in [-0.1, -0.05) is 31.5 Å². The van der Waals surface area contributed by atoms with Gasteiger partial charge in [-0.05, 0) is 106 Å². The summed E-state index contributed by atoms with van der Waals surface area (Å²) < 4.78 is 30.2. The van der Waals surface area contributed by atoms with Crippen LogP contribution in [0.15, 0.2) is 47.4 Å². The summed E-state index contributed by atoms with van der Waals surface area (Å²) in [5, 5.41) is 9.25. The number of nitrogens with one attached hydrogen (secondary N) is 3. The number of carbonyl (C=O) groups is 4. The maximum atomic E-state index is 16.3. The number of aromatic nitrogens is 3. The summed E-state index contributed by atoms with van der Waals surface area (Å²) in [6.07, 6.45) is 6.68. The fourth-order valence-corrected chi connectivity index (χ4v) is 10.7. The van der Waals surface area contributed by atoms with Gasteiger partial charge in [-0.25, -0.2) is 9.37 Å². The maximum Gasteiger partial charge on any atom is 0.293 e. The fourth-order valence-electron chi connectivity index (χ4n) is 10.6. The molecule has 66 heavy (non-hydrogen) atoms. The van der Waals surface area contributed by atoms with Gasteiger partial charge in [0.2, 0.25) is 17.8 Å². The van der Waals surface area contributed by atoms with Gasteiger partial charge < -0.3 is 34.5 Å². The third-order valence-corrected chi connectivity index (χ3v) is 14.4. The fraction of sp³-hybridized carbons (Fsp3) is 0.521. The number of hydrogen-bond acceptors (Lipinski definition) is 12. The summed E-state index contributed by atoms with van der Waals surface area (Å²) in [6, 6.07) is 10.2. The van der Waals surface area contributed by atoms with E-state index in [1.54, 1.807) is 29.0 Å². The summed E-state index contributed by atoms with van der Waals surface area (Å²) in [7, 11) is 1.51. The Kier molecular flexibility index (Phi) is 12.6. The van der Waals surface area contributed by atoms with E-state index in [4.69, 9.17) is 26.1 Å². The Hall–Kier alpha value is -5.65. The van der Waals surface area contributed by atoms with Gasteiger partial charge in [0, 0.05) is 67.4 Å². The van der Waals surface area contributed by atoms with Crippen LogP contribution in [0.1, 0.15) is 106 Å². The van der Waals surface area contributed by atoms with E-state index in [-0.39, 0.29) is 90.4 Å². The molecule has 0 spiro atoms. The number of pyridine rings is 1. The molecular formula is C48H57ClFN9O7. The quantitative estimate of drug-likeness (QED) is 0.145. The molecule has 2 atom stereocenters. The zero-order valence-corrected chi connectivity index (χ0v) is 38.8. The number of anilines is 3. The molecule has 0 radical (unpaired) electrons. The molecule has 1 saturated carbocycles. The highest BCUT2D eigenvalue weighted by Crippen LogP contribution is 2.47. The largest absolute Gasteiger partial charge is 0.478 e. The minimum atomic E-state index is -0.782. The average Bonchev–Trinajstić information content (AvgIpc) is 3.60. The predicted octanol–water partition coefficient (Wildman–Crippen LogP) is 5.83. The van der Waals surface area contributed by atoms with E-state index in [1.165, 1.54) is 11.9 Å². The van der Waals surface area contributed by atoms with E-state index in [0.29, 0.717) is 45.2 Å². The van der Waals surface area contributed by atoms with Crippen LogP contribution in [0, 0.1) is 11.2 Å². The van der Waals surface area contributed by atoms with Gasteiger partial charge in [0.1, 0.15) is 16.9 Å². The second-order valence-electron chi connectivity index (χ2n) is 19.3. The van der Waals surface area contributed by atoms with E-state index >= 15 is 4.39 Å². The number of likely N-dealkylation sites (tertiary alicyclic amines) is 1. The third kappa shape index (κ3) is 8.84. The third-order valence-electron chi connectivity index (χ3n) is 14.2. The molecule has 3 N–H and O–H groups in total. The normalized spacial score (nSPS) is 23.5. The molecule has 9 rings (SSSR count). The molecule has 1 unspecified atom stereocenters. The number of halogens is 2. The molecule has 18 heteroatoms. The summed E-state index contributed by atoms with van der Waals surface area (Å²) >= 11 is 6.61. The van der Waals surface area contributed by atoms with Crippen LogP contribution in [0.25, 0.3) is 10.9 Å². The maximum absolute atomic E-state index is 16.3. The summed E-state index contributed by atoms with van der Waals surface area (Å²) in [5.74, 6) is -0.846. The van der Waals surface area contributed by atoms with Gasteiger partial charge in [0.25, 0.3) is 17.4 Å². The highest BCUT2D eigenvalue weighted by atomic mass is 35.5. The first kappa shape index (κ1) is 45.5. The van der Waals surface area contributed by atoms with E-state index in [1.807, 2.05) is 32.0 Å². The van der Waals surface area contributed by atoms with Crippen molar-refractivity contribution < 1.29 is 33.0 Å².